The van der Waals surface area contributed by atoms with Crippen LogP contribution in [-0.4, -0.2) is 59.0 Å². The summed E-state index contributed by atoms with van der Waals surface area (Å²) in [6.07, 6.45) is 1.54. The van der Waals surface area contributed by atoms with Gasteiger partial charge in [-0.15, -0.1) is 0 Å². The van der Waals surface area contributed by atoms with E-state index in [-0.39, 0.29) is 5.91 Å². The molecular weight excluding hydrogens is 354 g/mol. The molecule has 150 valence electrons. The van der Waals surface area contributed by atoms with Gasteiger partial charge < -0.3 is 21.0 Å². The van der Waals surface area contributed by atoms with E-state index < -0.39 is 5.41 Å². The average Bonchev–Trinajstić information content (AvgIpc) is 2.65. The zero-order chi connectivity index (χ0) is 20.1. The van der Waals surface area contributed by atoms with Crippen molar-refractivity contribution in [2.24, 2.45) is 5.41 Å². The first-order valence-electron chi connectivity index (χ1n) is 9.50. The Balaban J connectivity index is 1.58. The Hall–Kier alpha value is -2.71. The Kier molecular flexibility index (Phi) is 6.11. The molecule has 0 aliphatic carbocycles. The van der Waals surface area contributed by atoms with E-state index in [4.69, 9.17) is 0 Å². The van der Waals surface area contributed by atoms with Crippen molar-refractivity contribution in [2.45, 2.75) is 20.8 Å². The molecule has 1 saturated heterocycles. The zero-order valence-electron chi connectivity index (χ0n) is 17.0. The molecule has 1 aromatic carbocycles. The molecule has 1 aliphatic heterocycles. The van der Waals surface area contributed by atoms with E-state index in [2.05, 4.69) is 43.0 Å². The third kappa shape index (κ3) is 5.64. The highest BCUT2D eigenvalue weighted by atomic mass is 16.2. The second-order valence-corrected chi connectivity index (χ2v) is 8.10. The van der Waals surface area contributed by atoms with Crippen molar-refractivity contribution in [2.75, 3.05) is 49.3 Å². The molecule has 0 bridgehead atoms. The lowest BCUT2D eigenvalue weighted by molar-refractivity contribution is -0.123. The number of rotatable bonds is 5. The minimum absolute atomic E-state index is 0.0105. The van der Waals surface area contributed by atoms with E-state index in [0.29, 0.717) is 5.82 Å². The number of likely N-dealkylation sites (N-methyl/N-ethyl adjacent to an activating group) is 1. The molecule has 2 aromatic rings. The van der Waals surface area contributed by atoms with Crippen LogP contribution in [-0.2, 0) is 4.79 Å². The van der Waals surface area contributed by atoms with Gasteiger partial charge in [-0.1, -0.05) is 20.8 Å². The average molecular weight is 384 g/mol. The summed E-state index contributed by atoms with van der Waals surface area (Å²) >= 11 is 0. The van der Waals surface area contributed by atoms with Crippen LogP contribution in [0.2, 0.25) is 0 Å². The number of carbonyl (C=O) groups excluding carboxylic acids is 1. The monoisotopic (exact) mass is 383 g/mol. The number of nitrogens with one attached hydrogen (secondary N) is 3. The van der Waals surface area contributed by atoms with Gasteiger partial charge in [0.15, 0.2) is 0 Å². The summed E-state index contributed by atoms with van der Waals surface area (Å²) in [5, 5.41) is 8.35. The van der Waals surface area contributed by atoms with Crippen LogP contribution in [0.5, 0.6) is 0 Å². The van der Waals surface area contributed by atoms with Crippen LogP contribution < -0.4 is 16.1 Å². The molecule has 8 heteroatoms. The number of amides is 1. The quantitative estimate of drug-likeness (QED) is 0.732. The van der Waals surface area contributed by atoms with Crippen LogP contribution in [0, 0.1) is 5.41 Å². The van der Waals surface area contributed by atoms with Crippen LogP contribution in [0.4, 0.5) is 23.0 Å². The zero-order valence-corrected chi connectivity index (χ0v) is 17.0. The summed E-state index contributed by atoms with van der Waals surface area (Å²) in [5.74, 6) is 1.46. The van der Waals surface area contributed by atoms with Crippen molar-refractivity contribution in [3.05, 3.63) is 36.7 Å². The molecule has 3 rings (SSSR count). The topological polar surface area (TPSA) is 85.4 Å². The fourth-order valence-electron chi connectivity index (χ4n) is 2.67. The van der Waals surface area contributed by atoms with E-state index in [1.54, 1.807) is 6.33 Å². The molecule has 0 spiro atoms. The van der Waals surface area contributed by atoms with Crippen LogP contribution in [0.1, 0.15) is 20.8 Å². The van der Waals surface area contributed by atoms with Crippen molar-refractivity contribution in [1.29, 1.82) is 0 Å². The Morgan fingerprint density at radius 1 is 0.964 bits per heavy atom. The molecule has 1 amide bonds. The molecule has 0 radical (unpaired) electrons. The van der Waals surface area contributed by atoms with E-state index in [0.717, 1.165) is 43.4 Å². The smallest absolute Gasteiger partial charge is 0.229 e. The minimum atomic E-state index is -0.426. The number of piperazine rings is 1. The van der Waals surface area contributed by atoms with E-state index in [1.165, 1.54) is 0 Å². The maximum absolute atomic E-state index is 12.1. The van der Waals surface area contributed by atoms with E-state index in [1.807, 2.05) is 51.1 Å². The summed E-state index contributed by atoms with van der Waals surface area (Å²) in [5.41, 5.74) is 4.57. The molecule has 8 nitrogen and oxygen atoms in total. The van der Waals surface area contributed by atoms with E-state index >= 15 is 0 Å². The number of benzene rings is 1. The van der Waals surface area contributed by atoms with Crippen molar-refractivity contribution in [3.8, 4) is 0 Å². The van der Waals surface area contributed by atoms with Gasteiger partial charge >= 0.3 is 0 Å². The molecule has 1 aliphatic rings. The maximum atomic E-state index is 12.1. The number of carbonyl (C=O) groups is 1. The Morgan fingerprint density at radius 2 is 1.57 bits per heavy atom. The minimum Gasteiger partial charge on any atom is -0.340 e. The van der Waals surface area contributed by atoms with Gasteiger partial charge in [-0.3, -0.25) is 4.79 Å². The first-order chi connectivity index (χ1) is 13.3. The van der Waals surface area contributed by atoms with Crippen LogP contribution in [0.25, 0.3) is 0 Å². The molecule has 3 N–H and O–H groups in total. The third-order valence-electron chi connectivity index (χ3n) is 4.54. The molecule has 2 heterocycles. The highest BCUT2D eigenvalue weighted by molar-refractivity contribution is 5.94. The Labute approximate surface area is 166 Å². The van der Waals surface area contributed by atoms with Gasteiger partial charge in [0, 0.05) is 49.0 Å². The number of hydrazine groups is 1. The number of hydrogen-bond donors (Lipinski definition) is 3. The predicted molar refractivity (Wildman–Crippen MR) is 113 cm³/mol. The molecule has 0 unspecified atom stereocenters. The van der Waals surface area contributed by atoms with E-state index in [9.17, 15) is 4.79 Å². The van der Waals surface area contributed by atoms with Gasteiger partial charge in [-0.2, -0.15) is 0 Å². The molecule has 0 atom stereocenters. The normalized spacial score (nSPS) is 15.9. The lowest BCUT2D eigenvalue weighted by atomic mass is 9.95. The second-order valence-electron chi connectivity index (χ2n) is 8.10. The summed E-state index contributed by atoms with van der Waals surface area (Å²) in [4.78, 5) is 23.0. The van der Waals surface area contributed by atoms with Crippen LogP contribution in [0.3, 0.4) is 0 Å². The fourth-order valence-corrected chi connectivity index (χ4v) is 2.67. The summed E-state index contributed by atoms with van der Waals surface area (Å²) in [6.45, 7) is 9.63. The van der Waals surface area contributed by atoms with Crippen LogP contribution in [0.15, 0.2) is 36.7 Å². The van der Waals surface area contributed by atoms with Crippen molar-refractivity contribution in [3.63, 3.8) is 0 Å². The highest BCUT2D eigenvalue weighted by Gasteiger charge is 2.21. The first kappa shape index (κ1) is 20.0. The molecule has 28 heavy (non-hydrogen) atoms. The van der Waals surface area contributed by atoms with Crippen molar-refractivity contribution >= 4 is 28.9 Å². The fraction of sp³-hybridized carbons (Fsp3) is 0.450. The summed E-state index contributed by atoms with van der Waals surface area (Å²) in [7, 11) is 2.13. The predicted octanol–water partition coefficient (Wildman–Crippen LogP) is 2.78. The lowest BCUT2D eigenvalue weighted by Gasteiger charge is -2.32. The second kappa shape index (κ2) is 8.53. The van der Waals surface area contributed by atoms with Gasteiger partial charge in [0.25, 0.3) is 0 Å². The van der Waals surface area contributed by atoms with Gasteiger partial charge in [0.05, 0.1) is 0 Å². The molecule has 0 saturated carbocycles. The van der Waals surface area contributed by atoms with Gasteiger partial charge in [-0.05, 0) is 31.3 Å². The SMILES string of the molecule is CN1CCN(Nc2cc(Nc3ccc(NC(=O)C(C)(C)C)cc3)ncn2)CC1. The Morgan fingerprint density at radius 3 is 2.21 bits per heavy atom. The number of aromatic nitrogens is 2. The number of hydrogen-bond acceptors (Lipinski definition) is 7. The third-order valence-corrected chi connectivity index (χ3v) is 4.54. The summed E-state index contributed by atoms with van der Waals surface area (Å²) < 4.78 is 0. The maximum Gasteiger partial charge on any atom is 0.229 e. The molecular formula is C20H29N7O. The lowest BCUT2D eigenvalue weighted by Crippen LogP contribution is -2.47. The standard InChI is InChI=1S/C20H29N7O/c1-20(2,3)19(28)24-16-7-5-15(6-8-16)23-17-13-18(22-14-21-17)25-27-11-9-26(4)10-12-27/h5-8,13-14H,9-12H2,1-4H3,(H,24,28)(H2,21,22,23,25). The molecule has 1 aromatic heterocycles. The largest absolute Gasteiger partial charge is 0.340 e. The van der Waals surface area contributed by atoms with Crippen molar-refractivity contribution < 1.29 is 4.79 Å². The van der Waals surface area contributed by atoms with Crippen LogP contribution >= 0.6 is 0 Å². The van der Waals surface area contributed by atoms with Gasteiger partial charge in [0.2, 0.25) is 5.91 Å². The van der Waals surface area contributed by atoms with Gasteiger partial charge in [0.1, 0.15) is 18.0 Å². The number of anilines is 4. The number of nitrogens with zero attached hydrogens (tertiary/aromatic N) is 4. The molecule has 1 fully saturated rings. The Bertz CT molecular complexity index is 793. The highest BCUT2D eigenvalue weighted by Crippen LogP contribution is 2.21. The van der Waals surface area contributed by atoms with Crippen molar-refractivity contribution in [1.82, 2.24) is 19.9 Å². The first-order valence-corrected chi connectivity index (χ1v) is 9.50. The van der Waals surface area contributed by atoms with Gasteiger partial charge in [-0.25, -0.2) is 15.0 Å². The summed E-state index contributed by atoms with van der Waals surface area (Å²) in [6, 6.07) is 9.45.